The summed E-state index contributed by atoms with van der Waals surface area (Å²) in [7, 11) is -3.91. The summed E-state index contributed by atoms with van der Waals surface area (Å²) in [5.41, 5.74) is 5.00. The predicted molar refractivity (Wildman–Crippen MR) is 65.1 cm³/mol. The summed E-state index contributed by atoms with van der Waals surface area (Å²) in [6, 6.07) is 4.38. The summed E-state index contributed by atoms with van der Waals surface area (Å²) >= 11 is 5.69. The van der Waals surface area contributed by atoms with Crippen LogP contribution in [0.5, 0.6) is 0 Å². The molecule has 18 heavy (non-hydrogen) atoms. The lowest BCUT2D eigenvalue weighted by Crippen LogP contribution is -2.42. The molecule has 1 unspecified atom stereocenters. The van der Waals surface area contributed by atoms with Gasteiger partial charge in [-0.05, 0) is 25.1 Å². The van der Waals surface area contributed by atoms with Gasteiger partial charge in [0.2, 0.25) is 15.9 Å². The maximum absolute atomic E-state index is 11.9. The molecule has 1 atom stereocenters. The predicted octanol–water partition coefficient (Wildman–Crippen LogP) is 0.364. The van der Waals surface area contributed by atoms with Crippen LogP contribution in [0.25, 0.3) is 0 Å². The molecular formula is C10H10ClN3O3S. The second-order valence-corrected chi connectivity index (χ2v) is 5.62. The van der Waals surface area contributed by atoms with E-state index in [1.807, 2.05) is 0 Å². The summed E-state index contributed by atoms with van der Waals surface area (Å²) < 4.78 is 25.8. The molecule has 0 aliphatic carbocycles. The van der Waals surface area contributed by atoms with Crippen molar-refractivity contribution in [2.75, 3.05) is 0 Å². The van der Waals surface area contributed by atoms with Crippen LogP contribution < -0.4 is 10.5 Å². The molecule has 0 bridgehead atoms. The Balaban J connectivity index is 3.14. The highest BCUT2D eigenvalue weighted by Crippen LogP contribution is 2.19. The van der Waals surface area contributed by atoms with Gasteiger partial charge in [0.1, 0.15) is 6.07 Å². The van der Waals surface area contributed by atoms with Crippen LogP contribution in [-0.4, -0.2) is 20.4 Å². The number of sulfonamides is 1. The molecule has 0 fully saturated rings. The number of nitrogens with zero attached hydrogens (tertiary/aromatic N) is 1. The first-order valence-corrected chi connectivity index (χ1v) is 6.65. The van der Waals surface area contributed by atoms with E-state index in [0.29, 0.717) is 0 Å². The zero-order valence-corrected chi connectivity index (χ0v) is 10.9. The molecule has 96 valence electrons. The molecule has 8 heteroatoms. The number of primary amides is 1. The number of nitrogens with two attached hydrogens (primary N) is 1. The number of nitriles is 1. The van der Waals surface area contributed by atoms with Crippen LogP contribution in [-0.2, 0) is 14.8 Å². The Bertz CT molecular complexity index is 622. The van der Waals surface area contributed by atoms with Crippen molar-refractivity contribution in [3.8, 4) is 6.07 Å². The van der Waals surface area contributed by atoms with Crippen molar-refractivity contribution in [2.24, 2.45) is 5.73 Å². The number of hydrogen-bond donors (Lipinski definition) is 2. The molecule has 0 aliphatic heterocycles. The van der Waals surface area contributed by atoms with Gasteiger partial charge in [-0.3, -0.25) is 4.79 Å². The monoisotopic (exact) mass is 287 g/mol. The molecule has 1 rings (SSSR count). The van der Waals surface area contributed by atoms with Gasteiger partial charge in [0.15, 0.2) is 0 Å². The molecule has 0 saturated carbocycles. The lowest BCUT2D eigenvalue weighted by molar-refractivity contribution is -0.119. The summed E-state index contributed by atoms with van der Waals surface area (Å²) in [5, 5.41) is 8.91. The highest BCUT2D eigenvalue weighted by atomic mass is 35.5. The van der Waals surface area contributed by atoms with E-state index in [4.69, 9.17) is 22.6 Å². The summed E-state index contributed by atoms with van der Waals surface area (Å²) in [4.78, 5) is 10.7. The van der Waals surface area contributed by atoms with Crippen molar-refractivity contribution in [1.82, 2.24) is 4.72 Å². The van der Waals surface area contributed by atoms with Gasteiger partial charge >= 0.3 is 0 Å². The number of rotatable bonds is 4. The molecule has 0 heterocycles. The number of carbonyl (C=O) groups is 1. The van der Waals surface area contributed by atoms with Crippen molar-refractivity contribution >= 4 is 27.5 Å². The molecule has 3 N–H and O–H groups in total. The molecule has 1 amide bonds. The number of amides is 1. The first kappa shape index (κ1) is 14.4. The summed E-state index contributed by atoms with van der Waals surface area (Å²) in [5.74, 6) is -0.798. The Labute approximate surface area is 109 Å². The summed E-state index contributed by atoms with van der Waals surface area (Å²) in [6.07, 6.45) is 0. The average Bonchev–Trinajstić information content (AvgIpc) is 2.28. The number of halogens is 1. The largest absolute Gasteiger partial charge is 0.368 e. The molecular weight excluding hydrogens is 278 g/mol. The summed E-state index contributed by atoms with van der Waals surface area (Å²) in [6.45, 7) is 1.32. The number of benzene rings is 1. The van der Waals surface area contributed by atoms with Gasteiger partial charge in [-0.2, -0.15) is 9.98 Å². The topological polar surface area (TPSA) is 113 Å². The quantitative estimate of drug-likeness (QED) is 0.832. The smallest absolute Gasteiger partial charge is 0.241 e. The Hall–Kier alpha value is -1.62. The first-order chi connectivity index (χ1) is 8.27. The van der Waals surface area contributed by atoms with Crippen LogP contribution >= 0.6 is 11.6 Å². The zero-order chi connectivity index (χ0) is 13.9. The molecule has 1 aromatic rings. The minimum absolute atomic E-state index is 0.0336. The Morgan fingerprint density at radius 2 is 2.17 bits per heavy atom. The highest BCUT2D eigenvalue weighted by Gasteiger charge is 2.21. The fraction of sp³-hybridized carbons (Fsp3) is 0.200. The Kier molecular flexibility index (Phi) is 4.29. The lowest BCUT2D eigenvalue weighted by atomic mass is 10.2. The van der Waals surface area contributed by atoms with Crippen LogP contribution in [0.2, 0.25) is 5.02 Å². The van der Waals surface area contributed by atoms with Gasteiger partial charge in [-0.1, -0.05) is 11.6 Å². The molecule has 1 aromatic carbocycles. The highest BCUT2D eigenvalue weighted by molar-refractivity contribution is 7.89. The van der Waals surface area contributed by atoms with Gasteiger partial charge in [0.25, 0.3) is 0 Å². The third kappa shape index (κ3) is 3.20. The maximum atomic E-state index is 11.9. The second kappa shape index (κ2) is 5.35. The van der Waals surface area contributed by atoms with E-state index < -0.39 is 22.0 Å². The maximum Gasteiger partial charge on any atom is 0.241 e. The molecule has 0 radical (unpaired) electrons. The van der Waals surface area contributed by atoms with Crippen molar-refractivity contribution in [2.45, 2.75) is 17.9 Å². The van der Waals surface area contributed by atoms with Crippen LogP contribution in [0.3, 0.4) is 0 Å². The number of nitrogens with one attached hydrogen (secondary N) is 1. The second-order valence-electron chi connectivity index (χ2n) is 3.50. The molecule has 0 aliphatic rings. The van der Waals surface area contributed by atoms with E-state index in [9.17, 15) is 13.2 Å². The molecule has 6 nitrogen and oxygen atoms in total. The zero-order valence-electron chi connectivity index (χ0n) is 9.34. The van der Waals surface area contributed by atoms with Gasteiger partial charge < -0.3 is 5.73 Å². The lowest BCUT2D eigenvalue weighted by Gasteiger charge is -2.11. The molecule has 0 spiro atoms. The van der Waals surface area contributed by atoms with Gasteiger partial charge in [-0.15, -0.1) is 0 Å². The third-order valence-electron chi connectivity index (χ3n) is 2.13. The van der Waals surface area contributed by atoms with E-state index in [1.165, 1.54) is 19.1 Å². The Morgan fingerprint density at radius 3 is 2.67 bits per heavy atom. The minimum Gasteiger partial charge on any atom is -0.368 e. The minimum atomic E-state index is -3.91. The molecule has 0 aromatic heterocycles. The SMILES string of the molecule is CC(NS(=O)(=O)c1ccc(Cl)c(C#N)c1)C(N)=O. The number of hydrogen-bond acceptors (Lipinski definition) is 4. The third-order valence-corrected chi connectivity index (χ3v) is 4.00. The van der Waals surface area contributed by atoms with Crippen LogP contribution in [0.4, 0.5) is 0 Å². The first-order valence-electron chi connectivity index (χ1n) is 4.79. The Morgan fingerprint density at radius 1 is 1.56 bits per heavy atom. The van der Waals surface area contributed by atoms with E-state index in [1.54, 1.807) is 6.07 Å². The van der Waals surface area contributed by atoms with Crippen molar-refractivity contribution in [1.29, 1.82) is 5.26 Å². The van der Waals surface area contributed by atoms with E-state index in [2.05, 4.69) is 4.72 Å². The number of carbonyl (C=O) groups excluding carboxylic acids is 1. The van der Waals surface area contributed by atoms with Gasteiger partial charge in [0, 0.05) is 0 Å². The molecule has 0 saturated heterocycles. The van der Waals surface area contributed by atoms with Crippen molar-refractivity contribution < 1.29 is 13.2 Å². The van der Waals surface area contributed by atoms with Crippen LogP contribution in [0.1, 0.15) is 12.5 Å². The van der Waals surface area contributed by atoms with Crippen molar-refractivity contribution in [3.05, 3.63) is 28.8 Å². The van der Waals surface area contributed by atoms with Crippen LogP contribution in [0, 0.1) is 11.3 Å². The van der Waals surface area contributed by atoms with Crippen molar-refractivity contribution in [3.63, 3.8) is 0 Å². The van der Waals surface area contributed by atoms with E-state index >= 15 is 0 Å². The standard InChI is InChI=1S/C10H10ClN3O3S/c1-6(10(13)15)14-18(16,17)8-2-3-9(11)7(4-8)5-12/h2-4,6,14H,1H3,(H2,13,15). The van der Waals surface area contributed by atoms with Crippen LogP contribution in [0.15, 0.2) is 23.1 Å². The fourth-order valence-corrected chi connectivity index (χ4v) is 2.51. The fourth-order valence-electron chi connectivity index (χ4n) is 1.12. The normalized spacial score (nSPS) is 12.7. The van der Waals surface area contributed by atoms with E-state index in [-0.39, 0.29) is 15.5 Å². The van der Waals surface area contributed by atoms with Gasteiger partial charge in [0.05, 0.1) is 21.5 Å². The van der Waals surface area contributed by atoms with E-state index in [0.717, 1.165) is 6.07 Å². The average molecular weight is 288 g/mol. The van der Waals surface area contributed by atoms with Gasteiger partial charge in [-0.25, -0.2) is 8.42 Å².